The first-order valence-corrected chi connectivity index (χ1v) is 6.68. The van der Waals surface area contributed by atoms with Crippen LogP contribution in [-0.4, -0.2) is 37.8 Å². The van der Waals surface area contributed by atoms with Gasteiger partial charge >= 0.3 is 6.61 Å². The van der Waals surface area contributed by atoms with E-state index in [0.29, 0.717) is 11.8 Å². The maximum Gasteiger partial charge on any atom is 0.387 e. The van der Waals surface area contributed by atoms with Gasteiger partial charge in [0.25, 0.3) is 0 Å². The van der Waals surface area contributed by atoms with E-state index in [-0.39, 0.29) is 18.2 Å². The van der Waals surface area contributed by atoms with Gasteiger partial charge in [-0.05, 0) is 43.6 Å². The number of alkyl halides is 2. The summed E-state index contributed by atoms with van der Waals surface area (Å²) in [4.78, 5) is 2.30. The molecule has 0 radical (unpaired) electrons. The SMILES string of the molecule is COc1cc(CN2CCC(N)CC2)ccc1OC(F)F.Cl. The molecule has 0 aromatic heterocycles. The normalized spacial score (nSPS) is 16.6. The van der Waals surface area contributed by atoms with E-state index in [0.717, 1.165) is 38.0 Å². The molecule has 0 bridgehead atoms. The first kappa shape index (κ1) is 17.9. The maximum absolute atomic E-state index is 12.2. The Hall–Kier alpha value is -1.11. The molecule has 0 amide bonds. The van der Waals surface area contributed by atoms with Crippen LogP contribution in [0.4, 0.5) is 8.78 Å². The van der Waals surface area contributed by atoms with Crippen molar-refractivity contribution in [2.45, 2.75) is 32.0 Å². The van der Waals surface area contributed by atoms with E-state index in [2.05, 4.69) is 9.64 Å². The van der Waals surface area contributed by atoms with Gasteiger partial charge in [-0.25, -0.2) is 0 Å². The van der Waals surface area contributed by atoms with Crippen molar-refractivity contribution >= 4 is 12.4 Å². The van der Waals surface area contributed by atoms with Crippen molar-refractivity contribution in [1.29, 1.82) is 0 Å². The Morgan fingerprint density at radius 1 is 1.29 bits per heavy atom. The number of hydrogen-bond acceptors (Lipinski definition) is 4. The Kier molecular flexibility index (Phi) is 7.14. The molecule has 1 aliphatic heterocycles. The lowest BCUT2D eigenvalue weighted by Gasteiger charge is -2.30. The predicted molar refractivity (Wildman–Crippen MR) is 79.4 cm³/mol. The number of rotatable bonds is 5. The largest absolute Gasteiger partial charge is 0.493 e. The zero-order valence-electron chi connectivity index (χ0n) is 11.9. The third-order valence-corrected chi connectivity index (χ3v) is 3.48. The molecule has 7 heteroatoms. The van der Waals surface area contributed by atoms with Crippen molar-refractivity contribution in [1.82, 2.24) is 4.90 Å². The average Bonchev–Trinajstić information content (AvgIpc) is 2.42. The standard InChI is InChI=1S/C14H20F2N2O2.ClH/c1-19-13-8-10(2-3-12(13)20-14(15)16)9-18-6-4-11(17)5-7-18;/h2-3,8,11,14H,4-7,9,17H2,1H3;1H. The van der Waals surface area contributed by atoms with Crippen LogP contribution in [0.25, 0.3) is 0 Å². The van der Waals surface area contributed by atoms with Gasteiger partial charge in [-0.3, -0.25) is 4.90 Å². The number of hydrogen-bond donors (Lipinski definition) is 1. The number of halogens is 3. The van der Waals surface area contributed by atoms with E-state index in [1.165, 1.54) is 13.2 Å². The number of nitrogens with two attached hydrogens (primary N) is 1. The average molecular weight is 323 g/mol. The van der Waals surface area contributed by atoms with E-state index < -0.39 is 6.61 Å². The third-order valence-electron chi connectivity index (χ3n) is 3.48. The molecule has 1 aromatic carbocycles. The quantitative estimate of drug-likeness (QED) is 0.905. The van der Waals surface area contributed by atoms with E-state index in [1.54, 1.807) is 12.1 Å². The molecule has 4 nitrogen and oxygen atoms in total. The molecule has 2 N–H and O–H groups in total. The minimum Gasteiger partial charge on any atom is -0.493 e. The molecule has 0 saturated carbocycles. The molecule has 0 spiro atoms. The van der Waals surface area contributed by atoms with Gasteiger partial charge in [0.2, 0.25) is 0 Å². The molecule has 1 heterocycles. The highest BCUT2D eigenvalue weighted by Crippen LogP contribution is 2.30. The number of nitrogens with zero attached hydrogens (tertiary/aromatic N) is 1. The van der Waals surface area contributed by atoms with E-state index in [1.807, 2.05) is 0 Å². The van der Waals surface area contributed by atoms with Crippen LogP contribution < -0.4 is 15.2 Å². The topological polar surface area (TPSA) is 47.7 Å². The number of ether oxygens (including phenoxy) is 2. The summed E-state index contributed by atoms with van der Waals surface area (Å²) in [5, 5.41) is 0. The van der Waals surface area contributed by atoms with Crippen molar-refractivity contribution in [3.05, 3.63) is 23.8 Å². The van der Waals surface area contributed by atoms with Gasteiger partial charge in [0.1, 0.15) is 0 Å². The van der Waals surface area contributed by atoms with Crippen LogP contribution >= 0.6 is 12.4 Å². The van der Waals surface area contributed by atoms with Crippen LogP contribution in [0.2, 0.25) is 0 Å². The van der Waals surface area contributed by atoms with Crippen LogP contribution in [0.15, 0.2) is 18.2 Å². The van der Waals surface area contributed by atoms with Gasteiger partial charge in [-0.1, -0.05) is 6.07 Å². The van der Waals surface area contributed by atoms with Crippen LogP contribution in [-0.2, 0) is 6.54 Å². The smallest absolute Gasteiger partial charge is 0.387 e. The molecule has 1 fully saturated rings. The summed E-state index contributed by atoms with van der Waals surface area (Å²) in [5.41, 5.74) is 6.88. The monoisotopic (exact) mass is 322 g/mol. The van der Waals surface area contributed by atoms with Gasteiger partial charge in [0, 0.05) is 12.6 Å². The van der Waals surface area contributed by atoms with Crippen LogP contribution in [0.1, 0.15) is 18.4 Å². The lowest BCUT2D eigenvalue weighted by atomic mass is 10.1. The molecule has 0 aliphatic carbocycles. The van der Waals surface area contributed by atoms with E-state index in [9.17, 15) is 8.78 Å². The first-order chi connectivity index (χ1) is 9.58. The summed E-state index contributed by atoms with van der Waals surface area (Å²) < 4.78 is 34.0. The number of piperidine rings is 1. The lowest BCUT2D eigenvalue weighted by molar-refractivity contribution is -0.0512. The Morgan fingerprint density at radius 3 is 2.52 bits per heavy atom. The second-order valence-corrected chi connectivity index (χ2v) is 4.98. The van der Waals surface area contributed by atoms with Crippen LogP contribution in [0.5, 0.6) is 11.5 Å². The summed E-state index contributed by atoms with van der Waals surface area (Å²) in [6.07, 6.45) is 1.98. The number of likely N-dealkylation sites (tertiary alicyclic amines) is 1. The Bertz CT molecular complexity index is 441. The minimum absolute atomic E-state index is 0. The summed E-state index contributed by atoms with van der Waals surface area (Å²) in [5.74, 6) is 0.392. The Labute approximate surface area is 129 Å². The van der Waals surface area contributed by atoms with Gasteiger partial charge < -0.3 is 15.2 Å². The van der Waals surface area contributed by atoms with E-state index in [4.69, 9.17) is 10.5 Å². The zero-order chi connectivity index (χ0) is 14.5. The second kappa shape index (κ2) is 8.36. The molecule has 2 rings (SSSR count). The maximum atomic E-state index is 12.2. The Morgan fingerprint density at radius 2 is 1.95 bits per heavy atom. The van der Waals surface area contributed by atoms with Crippen molar-refractivity contribution < 1.29 is 18.3 Å². The van der Waals surface area contributed by atoms with Crippen molar-refractivity contribution in [2.75, 3.05) is 20.2 Å². The van der Waals surface area contributed by atoms with Crippen LogP contribution in [0.3, 0.4) is 0 Å². The minimum atomic E-state index is -2.85. The molecule has 1 aromatic rings. The summed E-state index contributed by atoms with van der Waals surface area (Å²) >= 11 is 0. The highest BCUT2D eigenvalue weighted by Gasteiger charge is 2.17. The molecule has 1 saturated heterocycles. The van der Waals surface area contributed by atoms with Gasteiger partial charge in [-0.2, -0.15) is 8.78 Å². The predicted octanol–water partition coefficient (Wildman–Crippen LogP) is 2.64. The fourth-order valence-corrected chi connectivity index (χ4v) is 2.37. The van der Waals surface area contributed by atoms with Gasteiger partial charge in [0.05, 0.1) is 7.11 Å². The van der Waals surface area contributed by atoms with Crippen LogP contribution in [0, 0.1) is 0 Å². The van der Waals surface area contributed by atoms with Crippen molar-refractivity contribution in [3.63, 3.8) is 0 Å². The Balaban J connectivity index is 0.00000220. The fraction of sp³-hybridized carbons (Fsp3) is 0.571. The third kappa shape index (κ3) is 5.30. The zero-order valence-corrected chi connectivity index (χ0v) is 12.7. The molecular formula is C14H21ClF2N2O2. The highest BCUT2D eigenvalue weighted by molar-refractivity contribution is 5.85. The lowest BCUT2D eigenvalue weighted by Crippen LogP contribution is -2.39. The first-order valence-electron chi connectivity index (χ1n) is 6.68. The number of benzene rings is 1. The summed E-state index contributed by atoms with van der Waals surface area (Å²) in [6.45, 7) is -0.173. The molecular weight excluding hydrogens is 302 g/mol. The summed E-state index contributed by atoms with van der Waals surface area (Å²) in [7, 11) is 1.44. The molecule has 1 aliphatic rings. The highest BCUT2D eigenvalue weighted by atomic mass is 35.5. The molecule has 0 unspecified atom stereocenters. The fourth-order valence-electron chi connectivity index (χ4n) is 2.37. The van der Waals surface area contributed by atoms with E-state index >= 15 is 0 Å². The number of methoxy groups -OCH3 is 1. The summed E-state index contributed by atoms with van der Waals surface area (Å²) in [6, 6.07) is 5.35. The molecule has 0 atom stereocenters. The van der Waals surface area contributed by atoms with Crippen molar-refractivity contribution in [2.24, 2.45) is 5.73 Å². The molecule has 120 valence electrons. The van der Waals surface area contributed by atoms with Crippen molar-refractivity contribution in [3.8, 4) is 11.5 Å². The molecule has 21 heavy (non-hydrogen) atoms. The second-order valence-electron chi connectivity index (χ2n) is 4.98. The van der Waals surface area contributed by atoms with Gasteiger partial charge in [0.15, 0.2) is 11.5 Å². The van der Waals surface area contributed by atoms with Gasteiger partial charge in [-0.15, -0.1) is 12.4 Å².